The van der Waals surface area contributed by atoms with Gasteiger partial charge >= 0.3 is 0 Å². The van der Waals surface area contributed by atoms with Crippen molar-refractivity contribution in [3.8, 4) is 5.75 Å². The molecule has 0 unspecified atom stereocenters. The summed E-state index contributed by atoms with van der Waals surface area (Å²) in [5.41, 5.74) is 1.24. The van der Waals surface area contributed by atoms with Crippen LogP contribution in [0, 0.1) is 5.92 Å². The summed E-state index contributed by atoms with van der Waals surface area (Å²) in [4.78, 5) is 0. The second-order valence-corrected chi connectivity index (χ2v) is 5.88. The van der Waals surface area contributed by atoms with Gasteiger partial charge < -0.3 is 10.1 Å². The number of ether oxygens (including phenoxy) is 1. The van der Waals surface area contributed by atoms with Crippen molar-refractivity contribution in [2.75, 3.05) is 13.7 Å². The average molecular weight is 349 g/mol. The summed E-state index contributed by atoms with van der Waals surface area (Å²) in [5.74, 6) is 1.70. The van der Waals surface area contributed by atoms with Crippen LogP contribution in [0.25, 0.3) is 0 Å². The number of benzene rings is 1. The molecular formula is C12H15Br2NO. The summed E-state index contributed by atoms with van der Waals surface area (Å²) in [7, 11) is 1.94. The van der Waals surface area contributed by atoms with Crippen molar-refractivity contribution in [3.05, 3.63) is 26.6 Å². The summed E-state index contributed by atoms with van der Waals surface area (Å²) >= 11 is 7.11. The highest BCUT2D eigenvalue weighted by Gasteiger charge is 2.22. The van der Waals surface area contributed by atoms with Gasteiger partial charge in [-0.05, 0) is 75.4 Å². The van der Waals surface area contributed by atoms with Gasteiger partial charge in [-0.25, -0.2) is 0 Å². The highest BCUT2D eigenvalue weighted by atomic mass is 79.9. The molecule has 0 aromatic heterocycles. The van der Waals surface area contributed by atoms with Gasteiger partial charge in [-0.2, -0.15) is 0 Å². The van der Waals surface area contributed by atoms with Gasteiger partial charge in [0.05, 0.1) is 15.6 Å². The number of halogens is 2. The Morgan fingerprint density at radius 3 is 2.44 bits per heavy atom. The van der Waals surface area contributed by atoms with E-state index in [4.69, 9.17) is 4.74 Å². The first-order chi connectivity index (χ1) is 7.70. The minimum atomic E-state index is 0.774. The number of hydrogen-bond donors (Lipinski definition) is 1. The van der Waals surface area contributed by atoms with E-state index in [2.05, 4.69) is 49.3 Å². The summed E-state index contributed by atoms with van der Waals surface area (Å²) in [6.45, 7) is 1.70. The maximum Gasteiger partial charge on any atom is 0.147 e. The zero-order valence-electron chi connectivity index (χ0n) is 9.22. The lowest BCUT2D eigenvalue weighted by Gasteiger charge is -2.11. The molecule has 1 aromatic rings. The van der Waals surface area contributed by atoms with Crippen LogP contribution in [0.4, 0.5) is 0 Å². The van der Waals surface area contributed by atoms with Gasteiger partial charge in [0, 0.05) is 6.54 Å². The molecule has 0 spiro atoms. The third-order valence-electron chi connectivity index (χ3n) is 2.60. The van der Waals surface area contributed by atoms with Gasteiger partial charge in [0.1, 0.15) is 5.75 Å². The van der Waals surface area contributed by atoms with Crippen LogP contribution in [0.3, 0.4) is 0 Å². The fraction of sp³-hybridized carbons (Fsp3) is 0.500. The van der Waals surface area contributed by atoms with E-state index in [-0.39, 0.29) is 0 Å². The van der Waals surface area contributed by atoms with Gasteiger partial charge in [-0.3, -0.25) is 0 Å². The number of rotatable bonds is 5. The first kappa shape index (κ1) is 12.4. The SMILES string of the molecule is CNCc1cc(Br)c(OCC2CC2)c(Br)c1. The lowest BCUT2D eigenvalue weighted by molar-refractivity contribution is 0.296. The highest BCUT2D eigenvalue weighted by Crippen LogP contribution is 2.37. The van der Waals surface area contributed by atoms with Crippen molar-refractivity contribution in [1.29, 1.82) is 0 Å². The standard InChI is InChI=1S/C12H15Br2NO/c1-15-6-9-4-10(13)12(11(14)5-9)16-7-8-2-3-8/h4-5,8,15H,2-3,6-7H2,1H3. The Hall–Kier alpha value is -0.0600. The van der Waals surface area contributed by atoms with E-state index in [0.29, 0.717) is 0 Å². The molecule has 1 aliphatic carbocycles. The van der Waals surface area contributed by atoms with Crippen LogP contribution < -0.4 is 10.1 Å². The van der Waals surface area contributed by atoms with Crippen LogP contribution in [0.2, 0.25) is 0 Å². The van der Waals surface area contributed by atoms with Crippen LogP contribution in [-0.4, -0.2) is 13.7 Å². The molecule has 0 aliphatic heterocycles. The third kappa shape index (κ3) is 3.22. The van der Waals surface area contributed by atoms with Crippen molar-refractivity contribution in [3.63, 3.8) is 0 Å². The van der Waals surface area contributed by atoms with E-state index < -0.39 is 0 Å². The predicted molar refractivity (Wildman–Crippen MR) is 72.8 cm³/mol. The van der Waals surface area contributed by atoms with Crippen molar-refractivity contribution >= 4 is 31.9 Å². The molecule has 1 saturated carbocycles. The Kier molecular flexibility index (Phi) is 4.27. The Labute approximate surface area is 113 Å². The zero-order chi connectivity index (χ0) is 11.5. The van der Waals surface area contributed by atoms with Gasteiger partial charge in [0.15, 0.2) is 0 Å². The minimum Gasteiger partial charge on any atom is -0.491 e. The molecule has 0 radical (unpaired) electrons. The van der Waals surface area contributed by atoms with E-state index in [1.54, 1.807) is 0 Å². The maximum absolute atomic E-state index is 5.81. The van der Waals surface area contributed by atoms with Gasteiger partial charge in [-0.1, -0.05) is 0 Å². The third-order valence-corrected chi connectivity index (χ3v) is 3.78. The molecule has 0 saturated heterocycles. The largest absolute Gasteiger partial charge is 0.491 e. The highest BCUT2D eigenvalue weighted by molar-refractivity contribution is 9.11. The topological polar surface area (TPSA) is 21.3 Å². The monoisotopic (exact) mass is 347 g/mol. The summed E-state index contributed by atoms with van der Waals surface area (Å²) in [5, 5.41) is 3.14. The van der Waals surface area contributed by atoms with E-state index in [9.17, 15) is 0 Å². The first-order valence-corrected chi connectivity index (χ1v) is 7.04. The Bertz CT molecular complexity index is 354. The molecule has 1 fully saturated rings. The molecule has 1 aliphatic rings. The smallest absolute Gasteiger partial charge is 0.147 e. The Morgan fingerprint density at radius 2 is 1.94 bits per heavy atom. The van der Waals surface area contributed by atoms with Gasteiger partial charge in [0.25, 0.3) is 0 Å². The molecular weight excluding hydrogens is 334 g/mol. The normalized spacial score (nSPS) is 15.2. The number of hydrogen-bond acceptors (Lipinski definition) is 2. The van der Waals surface area contributed by atoms with E-state index in [1.807, 2.05) is 7.05 Å². The molecule has 4 heteroatoms. The van der Waals surface area contributed by atoms with Gasteiger partial charge in [0.2, 0.25) is 0 Å². The number of nitrogens with one attached hydrogen (secondary N) is 1. The molecule has 0 bridgehead atoms. The van der Waals surface area contributed by atoms with E-state index in [1.165, 1.54) is 18.4 Å². The van der Waals surface area contributed by atoms with Crippen LogP contribution in [-0.2, 0) is 6.54 Å². The molecule has 0 heterocycles. The van der Waals surface area contributed by atoms with Crippen molar-refractivity contribution in [2.45, 2.75) is 19.4 Å². The molecule has 0 atom stereocenters. The fourth-order valence-electron chi connectivity index (χ4n) is 1.54. The Balaban J connectivity index is 2.10. The van der Waals surface area contributed by atoms with Crippen molar-refractivity contribution < 1.29 is 4.74 Å². The zero-order valence-corrected chi connectivity index (χ0v) is 12.4. The summed E-state index contributed by atoms with van der Waals surface area (Å²) < 4.78 is 7.85. The molecule has 0 amide bonds. The molecule has 1 N–H and O–H groups in total. The van der Waals surface area contributed by atoms with E-state index >= 15 is 0 Å². The van der Waals surface area contributed by atoms with Crippen LogP contribution in [0.1, 0.15) is 18.4 Å². The first-order valence-electron chi connectivity index (χ1n) is 5.46. The molecule has 2 nitrogen and oxygen atoms in total. The van der Waals surface area contributed by atoms with Crippen LogP contribution in [0.5, 0.6) is 5.75 Å². The lowest BCUT2D eigenvalue weighted by atomic mass is 10.2. The van der Waals surface area contributed by atoms with Crippen molar-refractivity contribution in [2.24, 2.45) is 5.92 Å². The predicted octanol–water partition coefficient (Wildman–Crippen LogP) is 3.72. The molecule has 16 heavy (non-hydrogen) atoms. The maximum atomic E-state index is 5.81. The molecule has 2 rings (SSSR count). The Morgan fingerprint density at radius 1 is 1.31 bits per heavy atom. The van der Waals surface area contributed by atoms with Gasteiger partial charge in [-0.15, -0.1) is 0 Å². The minimum absolute atomic E-state index is 0.774. The molecule has 88 valence electrons. The molecule has 1 aromatic carbocycles. The lowest BCUT2D eigenvalue weighted by Crippen LogP contribution is -2.06. The fourth-order valence-corrected chi connectivity index (χ4v) is 3.05. The van der Waals surface area contributed by atoms with E-state index in [0.717, 1.165) is 33.8 Å². The summed E-state index contributed by atoms with van der Waals surface area (Å²) in [6, 6.07) is 4.20. The van der Waals surface area contributed by atoms with Crippen molar-refractivity contribution in [1.82, 2.24) is 5.32 Å². The quantitative estimate of drug-likeness (QED) is 0.875. The summed E-state index contributed by atoms with van der Waals surface area (Å²) in [6.07, 6.45) is 2.63. The van der Waals surface area contributed by atoms with Crippen LogP contribution >= 0.6 is 31.9 Å². The average Bonchev–Trinajstić information content (AvgIpc) is 3.00. The second-order valence-electron chi connectivity index (χ2n) is 4.17. The second kappa shape index (κ2) is 5.52. The van der Waals surface area contributed by atoms with Crippen LogP contribution in [0.15, 0.2) is 21.1 Å².